The van der Waals surface area contributed by atoms with Gasteiger partial charge in [0, 0.05) is 11.8 Å². The number of methoxy groups -OCH3 is 3. The summed E-state index contributed by atoms with van der Waals surface area (Å²) in [6.45, 7) is 6.23. The second-order valence-corrected chi connectivity index (χ2v) is 10.7. The highest BCUT2D eigenvalue weighted by atomic mass is 35.5. The number of benzene rings is 3. The highest BCUT2D eigenvalue weighted by Crippen LogP contribution is 2.45. The van der Waals surface area contributed by atoms with Crippen molar-refractivity contribution in [3.05, 3.63) is 93.5 Å². The van der Waals surface area contributed by atoms with E-state index in [1.165, 1.54) is 44.4 Å². The number of hydrogen-bond acceptors (Lipinski definition) is 7. The van der Waals surface area contributed by atoms with Gasteiger partial charge in [0.15, 0.2) is 0 Å². The van der Waals surface area contributed by atoms with E-state index in [-0.39, 0.29) is 38.6 Å². The summed E-state index contributed by atoms with van der Waals surface area (Å²) in [6.07, 6.45) is 0. The maximum Gasteiger partial charge on any atom is 0.337 e. The quantitative estimate of drug-likeness (QED) is 0.168. The first-order valence-electron chi connectivity index (χ1n) is 12.4. The van der Waals surface area contributed by atoms with Gasteiger partial charge in [-0.2, -0.15) is 0 Å². The lowest BCUT2D eigenvalue weighted by molar-refractivity contribution is -0.132. The first-order chi connectivity index (χ1) is 18.9. The molecule has 0 radical (unpaired) electrons. The topological polar surface area (TPSA) is 102 Å². The average molecular weight is 564 g/mol. The third-order valence-corrected chi connectivity index (χ3v) is 7.11. The molecule has 1 heterocycles. The maximum atomic E-state index is 13.6. The molecule has 4 rings (SSSR count). The van der Waals surface area contributed by atoms with Crippen molar-refractivity contribution in [2.45, 2.75) is 32.2 Å². The van der Waals surface area contributed by atoms with Crippen molar-refractivity contribution in [1.29, 1.82) is 0 Å². The lowest BCUT2D eigenvalue weighted by atomic mass is 9.85. The fraction of sp³-hybridized carbons (Fsp3) is 0.258. The number of amides is 1. The van der Waals surface area contributed by atoms with Crippen LogP contribution in [0.5, 0.6) is 11.5 Å². The molecule has 1 saturated heterocycles. The molecule has 1 amide bonds. The van der Waals surface area contributed by atoms with Crippen molar-refractivity contribution < 1.29 is 33.7 Å². The number of carbonyl (C=O) groups is 3. The molecule has 1 unspecified atom stereocenters. The first kappa shape index (κ1) is 28.7. The number of aliphatic hydroxyl groups is 1. The van der Waals surface area contributed by atoms with Crippen molar-refractivity contribution in [3.63, 3.8) is 0 Å². The number of anilines is 1. The molecule has 1 aliphatic heterocycles. The summed E-state index contributed by atoms with van der Waals surface area (Å²) in [5, 5.41) is 11.8. The second-order valence-electron chi connectivity index (χ2n) is 10.3. The van der Waals surface area contributed by atoms with Gasteiger partial charge in [0.25, 0.3) is 11.7 Å². The normalized spacial score (nSPS) is 16.7. The molecule has 3 aromatic carbocycles. The van der Waals surface area contributed by atoms with Gasteiger partial charge in [-0.25, -0.2) is 4.79 Å². The van der Waals surface area contributed by atoms with Crippen LogP contribution in [0.3, 0.4) is 0 Å². The second kappa shape index (κ2) is 11.1. The predicted octanol–water partition coefficient (Wildman–Crippen LogP) is 6.07. The van der Waals surface area contributed by atoms with Crippen LogP contribution in [0.2, 0.25) is 5.02 Å². The molecule has 208 valence electrons. The molecule has 0 spiro atoms. The predicted molar refractivity (Wildman–Crippen MR) is 152 cm³/mol. The zero-order chi connectivity index (χ0) is 29.4. The van der Waals surface area contributed by atoms with Crippen molar-refractivity contribution >= 4 is 40.7 Å². The van der Waals surface area contributed by atoms with Crippen molar-refractivity contribution in [1.82, 2.24) is 0 Å². The molecule has 1 N–H and O–H groups in total. The standard InChI is InChI=1S/C31H30ClNO7/c1-31(2,3)19-12-10-17(11-13-19)26-25(27(34)21-15-22(32)24(39-5)16-23(21)38-4)28(35)29(36)33(26)20-9-7-8-18(14-20)30(37)40-6/h7-16,26,34H,1-6H3/b27-25+. The molecular formula is C31H30ClNO7. The Morgan fingerprint density at radius 3 is 2.15 bits per heavy atom. The summed E-state index contributed by atoms with van der Waals surface area (Å²) < 4.78 is 15.5. The van der Waals surface area contributed by atoms with Crippen LogP contribution in [0.4, 0.5) is 5.69 Å². The number of esters is 1. The molecule has 0 saturated carbocycles. The number of nitrogens with zero attached hydrogens (tertiary/aromatic N) is 1. The highest BCUT2D eigenvalue weighted by molar-refractivity contribution is 6.51. The molecule has 1 aliphatic rings. The number of ketones is 1. The molecule has 0 bridgehead atoms. The number of ether oxygens (including phenoxy) is 3. The van der Waals surface area contributed by atoms with Crippen LogP contribution in [-0.2, 0) is 19.7 Å². The molecule has 3 aromatic rings. The largest absolute Gasteiger partial charge is 0.507 e. The van der Waals surface area contributed by atoms with E-state index in [2.05, 4.69) is 20.8 Å². The summed E-state index contributed by atoms with van der Waals surface area (Å²) >= 11 is 6.35. The smallest absolute Gasteiger partial charge is 0.337 e. The van der Waals surface area contributed by atoms with Gasteiger partial charge in [-0.3, -0.25) is 14.5 Å². The summed E-state index contributed by atoms with van der Waals surface area (Å²) in [7, 11) is 4.10. The lowest BCUT2D eigenvalue weighted by Crippen LogP contribution is -2.29. The average Bonchev–Trinajstić information content (AvgIpc) is 3.21. The minimum atomic E-state index is -1.02. The Kier molecular flexibility index (Phi) is 7.93. The van der Waals surface area contributed by atoms with E-state index in [0.29, 0.717) is 11.3 Å². The zero-order valence-corrected chi connectivity index (χ0v) is 23.8. The van der Waals surface area contributed by atoms with Gasteiger partial charge in [-0.15, -0.1) is 0 Å². The van der Waals surface area contributed by atoms with Gasteiger partial charge in [0.1, 0.15) is 17.3 Å². The monoisotopic (exact) mass is 563 g/mol. The number of halogens is 1. The van der Waals surface area contributed by atoms with E-state index in [9.17, 15) is 19.5 Å². The zero-order valence-electron chi connectivity index (χ0n) is 23.1. The van der Waals surface area contributed by atoms with Gasteiger partial charge in [0.05, 0.1) is 49.1 Å². The van der Waals surface area contributed by atoms with E-state index >= 15 is 0 Å². The fourth-order valence-electron chi connectivity index (χ4n) is 4.67. The van der Waals surface area contributed by atoms with Gasteiger partial charge < -0.3 is 19.3 Å². The third kappa shape index (κ3) is 5.14. The van der Waals surface area contributed by atoms with Crippen LogP contribution in [0.25, 0.3) is 5.76 Å². The van der Waals surface area contributed by atoms with Gasteiger partial charge in [-0.05, 0) is 40.8 Å². The Hall–Kier alpha value is -4.30. The van der Waals surface area contributed by atoms with Crippen LogP contribution in [0, 0.1) is 0 Å². The Labute approximate surface area is 237 Å². The first-order valence-corrected chi connectivity index (χ1v) is 12.8. The number of Topliss-reactive ketones (excluding diaryl/α,β-unsaturated/α-hetero) is 1. The maximum absolute atomic E-state index is 13.6. The van der Waals surface area contributed by atoms with E-state index in [1.54, 1.807) is 18.2 Å². The molecule has 1 atom stereocenters. The third-order valence-electron chi connectivity index (χ3n) is 6.81. The van der Waals surface area contributed by atoms with Crippen LogP contribution in [0.15, 0.2) is 66.2 Å². The molecule has 8 nitrogen and oxygen atoms in total. The summed E-state index contributed by atoms with van der Waals surface area (Å²) in [4.78, 5) is 40.7. The van der Waals surface area contributed by atoms with Crippen LogP contribution >= 0.6 is 11.6 Å². The number of aliphatic hydroxyl groups excluding tert-OH is 1. The molecule has 40 heavy (non-hydrogen) atoms. The highest BCUT2D eigenvalue weighted by Gasteiger charge is 2.47. The fourth-order valence-corrected chi connectivity index (χ4v) is 4.91. The van der Waals surface area contributed by atoms with Crippen molar-refractivity contribution in [3.8, 4) is 11.5 Å². The number of carbonyl (C=O) groups excluding carboxylic acids is 3. The van der Waals surface area contributed by atoms with E-state index in [1.807, 2.05) is 24.3 Å². The van der Waals surface area contributed by atoms with Crippen molar-refractivity contribution in [2.75, 3.05) is 26.2 Å². The van der Waals surface area contributed by atoms with Crippen LogP contribution in [0.1, 0.15) is 53.9 Å². The van der Waals surface area contributed by atoms with E-state index < -0.39 is 29.5 Å². The number of hydrogen-bond donors (Lipinski definition) is 1. The minimum absolute atomic E-state index is 0.117. The molecule has 1 fully saturated rings. The Morgan fingerprint density at radius 2 is 1.57 bits per heavy atom. The lowest BCUT2D eigenvalue weighted by Gasteiger charge is -2.27. The van der Waals surface area contributed by atoms with Crippen molar-refractivity contribution in [2.24, 2.45) is 0 Å². The van der Waals surface area contributed by atoms with Crippen LogP contribution < -0.4 is 14.4 Å². The summed E-state index contributed by atoms with van der Waals surface area (Å²) in [5.41, 5.74) is 1.94. The Bertz CT molecular complexity index is 1520. The van der Waals surface area contributed by atoms with Gasteiger partial charge in [-0.1, -0.05) is 62.7 Å². The molecule has 0 aromatic heterocycles. The molecular weight excluding hydrogens is 534 g/mol. The minimum Gasteiger partial charge on any atom is -0.507 e. The van der Waals surface area contributed by atoms with Crippen LogP contribution in [-0.4, -0.2) is 44.1 Å². The molecule has 0 aliphatic carbocycles. The van der Waals surface area contributed by atoms with Gasteiger partial charge in [0.2, 0.25) is 0 Å². The van der Waals surface area contributed by atoms with E-state index in [4.69, 9.17) is 25.8 Å². The van der Waals surface area contributed by atoms with Gasteiger partial charge >= 0.3 is 5.97 Å². The molecule has 9 heteroatoms. The Balaban J connectivity index is 1.99. The Morgan fingerprint density at radius 1 is 0.925 bits per heavy atom. The summed E-state index contributed by atoms with van der Waals surface area (Å²) in [6, 6.07) is 15.6. The van der Waals surface area contributed by atoms with E-state index in [0.717, 1.165) is 5.56 Å². The SMILES string of the molecule is COC(=O)c1cccc(N2C(=O)C(=O)/C(=C(/O)c3cc(Cl)c(OC)cc3OC)C2c2ccc(C(C)(C)C)cc2)c1. The summed E-state index contributed by atoms with van der Waals surface area (Å²) in [5.74, 6) is -2.32. The number of rotatable bonds is 6.